The molecule has 0 saturated carbocycles. The van der Waals surface area contributed by atoms with Crippen molar-refractivity contribution in [3.63, 3.8) is 0 Å². The fraction of sp³-hybridized carbons (Fsp3) is 0.417. The molecule has 84 valence electrons. The first-order valence-corrected chi connectivity index (χ1v) is 5.48. The van der Waals surface area contributed by atoms with E-state index in [9.17, 15) is 0 Å². The summed E-state index contributed by atoms with van der Waals surface area (Å²) >= 11 is 0. The highest BCUT2D eigenvalue weighted by atomic mass is 15.3. The topological polar surface area (TPSA) is 43.6 Å². The second-order valence-electron chi connectivity index (χ2n) is 3.96. The average Bonchev–Trinajstić information content (AvgIpc) is 2.57. The molecule has 0 saturated heterocycles. The van der Waals surface area contributed by atoms with Crippen molar-refractivity contribution in [3.05, 3.63) is 35.0 Å². The summed E-state index contributed by atoms with van der Waals surface area (Å²) in [7, 11) is 0. The van der Waals surface area contributed by atoms with Crippen molar-refractivity contribution in [2.45, 2.75) is 34.1 Å². The normalized spacial score (nSPS) is 10.8. The maximum atomic E-state index is 4.42. The molecular formula is C12H16N4. The van der Waals surface area contributed by atoms with Crippen LogP contribution in [-0.4, -0.2) is 19.7 Å². The van der Waals surface area contributed by atoms with Gasteiger partial charge in [-0.05, 0) is 33.3 Å². The lowest BCUT2D eigenvalue weighted by Gasteiger charge is -2.06. The van der Waals surface area contributed by atoms with E-state index in [-0.39, 0.29) is 0 Å². The first-order chi connectivity index (χ1) is 7.60. The van der Waals surface area contributed by atoms with Crippen LogP contribution < -0.4 is 0 Å². The molecule has 0 radical (unpaired) electrons. The maximum Gasteiger partial charge on any atom is 0.157 e. The molecule has 2 aromatic rings. The third kappa shape index (κ3) is 1.96. The molecule has 0 atom stereocenters. The first kappa shape index (κ1) is 10.8. The van der Waals surface area contributed by atoms with E-state index in [1.165, 1.54) is 0 Å². The zero-order valence-electron chi connectivity index (χ0n) is 10.2. The highest BCUT2D eigenvalue weighted by Gasteiger charge is 2.07. The number of hydrogen-bond donors (Lipinski definition) is 0. The van der Waals surface area contributed by atoms with Crippen LogP contribution in [0.15, 0.2) is 12.1 Å². The number of nitrogens with zero attached hydrogens (tertiary/aromatic N) is 4. The molecule has 0 aliphatic carbocycles. The summed E-state index contributed by atoms with van der Waals surface area (Å²) in [5, 5.41) is 4.42. The van der Waals surface area contributed by atoms with Gasteiger partial charge in [0.1, 0.15) is 5.82 Å². The summed E-state index contributed by atoms with van der Waals surface area (Å²) in [4.78, 5) is 8.78. The molecule has 0 bridgehead atoms. The molecule has 16 heavy (non-hydrogen) atoms. The van der Waals surface area contributed by atoms with E-state index in [1.807, 2.05) is 37.6 Å². The molecule has 2 rings (SSSR count). The van der Waals surface area contributed by atoms with E-state index >= 15 is 0 Å². The molecule has 4 nitrogen and oxygen atoms in total. The third-order valence-electron chi connectivity index (χ3n) is 2.47. The maximum absolute atomic E-state index is 4.42. The van der Waals surface area contributed by atoms with Gasteiger partial charge in [0.05, 0.1) is 5.69 Å². The van der Waals surface area contributed by atoms with Crippen LogP contribution in [0.3, 0.4) is 0 Å². The first-order valence-electron chi connectivity index (χ1n) is 5.48. The van der Waals surface area contributed by atoms with Gasteiger partial charge in [0.15, 0.2) is 5.82 Å². The highest BCUT2D eigenvalue weighted by molar-refractivity contribution is 5.27. The summed E-state index contributed by atoms with van der Waals surface area (Å²) in [5.74, 6) is 1.65. The van der Waals surface area contributed by atoms with E-state index < -0.39 is 0 Å². The van der Waals surface area contributed by atoms with Gasteiger partial charge in [0.25, 0.3) is 0 Å². The van der Waals surface area contributed by atoms with Gasteiger partial charge < -0.3 is 0 Å². The monoisotopic (exact) mass is 216 g/mol. The van der Waals surface area contributed by atoms with Gasteiger partial charge >= 0.3 is 0 Å². The van der Waals surface area contributed by atoms with Crippen molar-refractivity contribution in [1.29, 1.82) is 0 Å². The largest absolute Gasteiger partial charge is 0.238 e. The molecule has 0 unspecified atom stereocenters. The SMILES string of the molecule is CCc1cc(-n2nc(C)cc2C)nc(C)n1. The molecular weight excluding hydrogens is 200 g/mol. The third-order valence-corrected chi connectivity index (χ3v) is 2.47. The van der Waals surface area contributed by atoms with E-state index in [0.717, 1.165) is 35.1 Å². The highest BCUT2D eigenvalue weighted by Crippen LogP contribution is 2.11. The number of rotatable bonds is 2. The van der Waals surface area contributed by atoms with Crippen molar-refractivity contribution in [2.75, 3.05) is 0 Å². The molecule has 0 fully saturated rings. The molecule has 0 amide bonds. The Morgan fingerprint density at radius 2 is 1.88 bits per heavy atom. The van der Waals surface area contributed by atoms with E-state index in [4.69, 9.17) is 0 Å². The van der Waals surface area contributed by atoms with Gasteiger partial charge in [-0.1, -0.05) is 6.92 Å². The van der Waals surface area contributed by atoms with Crippen LogP contribution in [0.1, 0.15) is 29.8 Å². The van der Waals surface area contributed by atoms with E-state index in [0.29, 0.717) is 0 Å². The van der Waals surface area contributed by atoms with Crippen LogP contribution >= 0.6 is 0 Å². The Hall–Kier alpha value is -1.71. The zero-order valence-corrected chi connectivity index (χ0v) is 10.2. The van der Waals surface area contributed by atoms with Crippen molar-refractivity contribution in [2.24, 2.45) is 0 Å². The van der Waals surface area contributed by atoms with Crippen LogP contribution in [0, 0.1) is 20.8 Å². The molecule has 0 aromatic carbocycles. The van der Waals surface area contributed by atoms with E-state index in [1.54, 1.807) is 0 Å². The molecule has 0 aliphatic heterocycles. The average molecular weight is 216 g/mol. The lowest BCUT2D eigenvalue weighted by atomic mass is 10.3. The van der Waals surface area contributed by atoms with Gasteiger partial charge in [-0.3, -0.25) is 0 Å². The minimum Gasteiger partial charge on any atom is -0.238 e. The summed E-state index contributed by atoms with van der Waals surface area (Å²) in [6.45, 7) is 8.02. The van der Waals surface area contributed by atoms with Crippen molar-refractivity contribution >= 4 is 0 Å². The van der Waals surface area contributed by atoms with Crippen molar-refractivity contribution in [1.82, 2.24) is 19.7 Å². The standard InChI is InChI=1S/C12H16N4/c1-5-11-7-12(14-10(4)13-11)16-9(3)6-8(2)15-16/h6-7H,5H2,1-4H3. The van der Waals surface area contributed by atoms with Gasteiger partial charge in [0.2, 0.25) is 0 Å². The van der Waals surface area contributed by atoms with Gasteiger partial charge in [-0.15, -0.1) is 0 Å². The molecule has 2 aromatic heterocycles. The van der Waals surface area contributed by atoms with Gasteiger partial charge in [-0.25, -0.2) is 14.6 Å². The van der Waals surface area contributed by atoms with Gasteiger partial charge in [0, 0.05) is 17.5 Å². The van der Waals surface area contributed by atoms with Crippen LogP contribution in [0.2, 0.25) is 0 Å². The molecule has 2 heterocycles. The van der Waals surface area contributed by atoms with Crippen molar-refractivity contribution in [3.8, 4) is 5.82 Å². The van der Waals surface area contributed by atoms with Gasteiger partial charge in [-0.2, -0.15) is 5.10 Å². The van der Waals surface area contributed by atoms with Crippen molar-refractivity contribution < 1.29 is 0 Å². The predicted molar refractivity (Wildman–Crippen MR) is 62.7 cm³/mol. The lowest BCUT2D eigenvalue weighted by Crippen LogP contribution is -2.06. The Bertz CT molecular complexity index is 514. The zero-order chi connectivity index (χ0) is 11.7. The van der Waals surface area contributed by atoms with Crippen LogP contribution in [0.25, 0.3) is 5.82 Å². The van der Waals surface area contributed by atoms with Crippen LogP contribution in [0.5, 0.6) is 0 Å². The summed E-state index contributed by atoms with van der Waals surface area (Å²) in [6, 6.07) is 4.04. The Labute approximate surface area is 95.4 Å². The minimum atomic E-state index is 0.793. The fourth-order valence-electron chi connectivity index (χ4n) is 1.76. The Balaban J connectivity index is 2.55. The second-order valence-corrected chi connectivity index (χ2v) is 3.96. The summed E-state index contributed by atoms with van der Waals surface area (Å²) < 4.78 is 1.86. The second kappa shape index (κ2) is 4.04. The molecule has 0 aliphatic rings. The van der Waals surface area contributed by atoms with Crippen LogP contribution in [-0.2, 0) is 6.42 Å². The summed E-state index contributed by atoms with van der Waals surface area (Å²) in [5.41, 5.74) is 3.15. The van der Waals surface area contributed by atoms with Crippen LogP contribution in [0.4, 0.5) is 0 Å². The number of aromatic nitrogens is 4. The lowest BCUT2D eigenvalue weighted by molar-refractivity contribution is 0.783. The van der Waals surface area contributed by atoms with E-state index in [2.05, 4.69) is 22.0 Å². The molecule has 0 spiro atoms. The molecule has 0 N–H and O–H groups in total. The smallest absolute Gasteiger partial charge is 0.157 e. The number of hydrogen-bond acceptors (Lipinski definition) is 3. The molecule has 4 heteroatoms. The quantitative estimate of drug-likeness (QED) is 0.772. The summed E-state index contributed by atoms with van der Waals surface area (Å²) in [6.07, 6.45) is 0.912. The fourth-order valence-corrected chi connectivity index (χ4v) is 1.76. The Kier molecular flexibility index (Phi) is 2.73. The minimum absolute atomic E-state index is 0.793. The Morgan fingerprint density at radius 1 is 1.12 bits per heavy atom. The predicted octanol–water partition coefficient (Wildman–Crippen LogP) is 2.15. The number of aryl methyl sites for hydroxylation is 4. The Morgan fingerprint density at radius 3 is 2.44 bits per heavy atom.